The Bertz CT molecular complexity index is 576. The molecule has 1 atom stereocenters. The van der Waals surface area contributed by atoms with Gasteiger partial charge in [0.1, 0.15) is 4.90 Å². The monoisotopic (exact) mass is 307 g/mol. The number of nitro benzene ring substituents is 1. The molecule has 7 nitrogen and oxygen atoms in total. The molecule has 0 heterocycles. The van der Waals surface area contributed by atoms with Gasteiger partial charge in [0, 0.05) is 24.7 Å². The Kier molecular flexibility index (Phi) is 5.24. The number of hydrogen-bond acceptors (Lipinski definition) is 5. The highest BCUT2D eigenvalue weighted by atomic mass is 35.5. The highest BCUT2D eigenvalue weighted by molar-refractivity contribution is 7.89. The van der Waals surface area contributed by atoms with E-state index in [0.29, 0.717) is 6.42 Å². The number of rotatable bonds is 6. The van der Waals surface area contributed by atoms with Gasteiger partial charge in [0.2, 0.25) is 10.0 Å². The normalized spacial score (nSPS) is 13.2. The third kappa shape index (κ3) is 4.13. The van der Waals surface area contributed by atoms with Crippen molar-refractivity contribution in [3.8, 4) is 0 Å². The molecule has 0 bridgehead atoms. The topological polar surface area (TPSA) is 115 Å². The van der Waals surface area contributed by atoms with E-state index in [-0.39, 0.29) is 28.2 Å². The van der Waals surface area contributed by atoms with Gasteiger partial charge in [-0.15, -0.1) is 0 Å². The molecule has 0 aliphatic rings. The van der Waals surface area contributed by atoms with Crippen molar-refractivity contribution in [1.29, 1.82) is 0 Å². The fourth-order valence-electron chi connectivity index (χ4n) is 1.25. The highest BCUT2D eigenvalue weighted by Crippen LogP contribution is 2.25. The molecule has 1 aromatic carbocycles. The van der Waals surface area contributed by atoms with Gasteiger partial charge in [-0.05, 0) is 12.5 Å². The minimum absolute atomic E-state index is 0.0395. The Balaban J connectivity index is 3.06. The second-order valence-corrected chi connectivity index (χ2v) is 6.03. The molecule has 1 rings (SSSR count). The molecule has 0 saturated heterocycles. The molecule has 0 aliphatic carbocycles. The van der Waals surface area contributed by atoms with E-state index in [4.69, 9.17) is 17.3 Å². The molecule has 1 unspecified atom stereocenters. The van der Waals surface area contributed by atoms with E-state index >= 15 is 0 Å². The Morgan fingerprint density at radius 1 is 1.53 bits per heavy atom. The summed E-state index contributed by atoms with van der Waals surface area (Å²) in [4.78, 5) is 9.62. The van der Waals surface area contributed by atoms with E-state index in [1.165, 1.54) is 6.07 Å². The molecule has 0 aliphatic heterocycles. The number of nitrogens with zero attached hydrogens (tertiary/aromatic N) is 1. The van der Waals surface area contributed by atoms with Crippen molar-refractivity contribution in [2.75, 3.05) is 6.54 Å². The lowest BCUT2D eigenvalue weighted by Gasteiger charge is -2.11. The van der Waals surface area contributed by atoms with E-state index in [1.807, 2.05) is 6.92 Å². The molecule has 0 radical (unpaired) electrons. The molecule has 19 heavy (non-hydrogen) atoms. The first-order valence-corrected chi connectivity index (χ1v) is 7.33. The summed E-state index contributed by atoms with van der Waals surface area (Å²) in [7, 11) is -3.92. The minimum Gasteiger partial charge on any atom is -0.327 e. The highest BCUT2D eigenvalue weighted by Gasteiger charge is 2.21. The van der Waals surface area contributed by atoms with Crippen LogP contribution in [0, 0.1) is 10.1 Å². The second kappa shape index (κ2) is 6.29. The maximum atomic E-state index is 12.0. The van der Waals surface area contributed by atoms with Crippen molar-refractivity contribution < 1.29 is 13.3 Å². The zero-order valence-electron chi connectivity index (χ0n) is 10.2. The summed E-state index contributed by atoms with van der Waals surface area (Å²) in [5, 5.41) is 10.6. The number of hydrogen-bond donors (Lipinski definition) is 2. The first-order chi connectivity index (χ1) is 8.77. The van der Waals surface area contributed by atoms with Crippen molar-refractivity contribution in [3.05, 3.63) is 33.3 Å². The molecule has 9 heteroatoms. The van der Waals surface area contributed by atoms with Crippen LogP contribution >= 0.6 is 11.6 Å². The Morgan fingerprint density at radius 2 is 2.16 bits per heavy atom. The van der Waals surface area contributed by atoms with Crippen LogP contribution in [0.15, 0.2) is 23.1 Å². The molecule has 106 valence electrons. The van der Waals surface area contributed by atoms with Crippen LogP contribution in [0.1, 0.15) is 13.3 Å². The Labute approximate surface area is 115 Å². The average molecular weight is 308 g/mol. The molecule has 3 N–H and O–H groups in total. The Morgan fingerprint density at radius 3 is 2.68 bits per heavy atom. The number of nitro groups is 1. The zero-order chi connectivity index (χ0) is 14.6. The number of halogens is 1. The van der Waals surface area contributed by atoms with Gasteiger partial charge >= 0.3 is 0 Å². The maximum Gasteiger partial charge on any atom is 0.270 e. The lowest BCUT2D eigenvalue weighted by Crippen LogP contribution is -2.36. The Hall–Kier alpha value is -1.22. The van der Waals surface area contributed by atoms with E-state index in [1.54, 1.807) is 0 Å². The molecule has 0 aromatic heterocycles. The largest absolute Gasteiger partial charge is 0.327 e. The summed E-state index contributed by atoms with van der Waals surface area (Å²) in [5.41, 5.74) is 5.26. The smallest absolute Gasteiger partial charge is 0.270 e. The third-order valence-electron chi connectivity index (χ3n) is 2.48. The predicted molar refractivity (Wildman–Crippen MR) is 71.6 cm³/mol. The van der Waals surface area contributed by atoms with Crippen LogP contribution in [0.5, 0.6) is 0 Å². The van der Waals surface area contributed by atoms with E-state index in [0.717, 1.165) is 12.1 Å². The van der Waals surface area contributed by atoms with Crippen LogP contribution in [0.3, 0.4) is 0 Å². The fourth-order valence-corrected chi connectivity index (χ4v) is 2.86. The van der Waals surface area contributed by atoms with Gasteiger partial charge in [-0.1, -0.05) is 18.5 Å². The third-order valence-corrected chi connectivity index (χ3v) is 4.38. The van der Waals surface area contributed by atoms with Crippen molar-refractivity contribution in [2.24, 2.45) is 5.73 Å². The van der Waals surface area contributed by atoms with Gasteiger partial charge < -0.3 is 5.73 Å². The van der Waals surface area contributed by atoms with Gasteiger partial charge in [0.15, 0.2) is 0 Å². The summed E-state index contributed by atoms with van der Waals surface area (Å²) in [6.45, 7) is 1.86. The molecular formula is C10H14ClN3O4S. The van der Waals surface area contributed by atoms with Crippen LogP contribution in [0.2, 0.25) is 5.02 Å². The molecule has 0 amide bonds. The maximum absolute atomic E-state index is 12.0. The van der Waals surface area contributed by atoms with Crippen LogP contribution < -0.4 is 10.5 Å². The van der Waals surface area contributed by atoms with Gasteiger partial charge in [-0.25, -0.2) is 13.1 Å². The summed E-state index contributed by atoms with van der Waals surface area (Å²) in [6, 6.07) is 2.90. The summed E-state index contributed by atoms with van der Waals surface area (Å²) in [6.07, 6.45) is 0.602. The van der Waals surface area contributed by atoms with E-state index in [9.17, 15) is 18.5 Å². The number of non-ortho nitro benzene ring substituents is 1. The number of nitrogens with two attached hydrogens (primary N) is 1. The van der Waals surface area contributed by atoms with Crippen molar-refractivity contribution in [2.45, 2.75) is 24.3 Å². The van der Waals surface area contributed by atoms with E-state index < -0.39 is 14.9 Å². The molecule has 1 aromatic rings. The molecule has 0 spiro atoms. The summed E-state index contributed by atoms with van der Waals surface area (Å²) >= 11 is 5.76. The average Bonchev–Trinajstić information content (AvgIpc) is 2.36. The SMILES string of the molecule is CCC(N)CNS(=O)(=O)c1cc([N+](=O)[O-])ccc1Cl. The quantitative estimate of drug-likeness (QED) is 0.606. The second-order valence-electron chi connectivity index (χ2n) is 3.89. The summed E-state index contributed by atoms with van der Waals surface area (Å²) < 4.78 is 26.2. The standard InChI is InChI=1S/C10H14ClN3O4S/c1-2-7(12)6-13-19(17,18)10-5-8(14(15)16)3-4-9(10)11/h3-5,7,13H,2,6,12H2,1H3. The van der Waals surface area contributed by atoms with Gasteiger partial charge in [0.25, 0.3) is 5.69 Å². The van der Waals surface area contributed by atoms with Crippen LogP contribution in [0.25, 0.3) is 0 Å². The lowest BCUT2D eigenvalue weighted by molar-refractivity contribution is -0.385. The van der Waals surface area contributed by atoms with Crippen molar-refractivity contribution >= 4 is 27.3 Å². The van der Waals surface area contributed by atoms with Crippen LogP contribution in [-0.2, 0) is 10.0 Å². The summed E-state index contributed by atoms with van der Waals surface area (Å²) in [5.74, 6) is 0. The van der Waals surface area contributed by atoms with Gasteiger partial charge in [-0.3, -0.25) is 10.1 Å². The molecule has 0 fully saturated rings. The number of benzene rings is 1. The minimum atomic E-state index is -3.92. The number of nitrogens with one attached hydrogen (secondary N) is 1. The number of sulfonamides is 1. The van der Waals surface area contributed by atoms with Crippen molar-refractivity contribution in [3.63, 3.8) is 0 Å². The fraction of sp³-hybridized carbons (Fsp3) is 0.400. The van der Waals surface area contributed by atoms with Gasteiger partial charge in [-0.2, -0.15) is 0 Å². The lowest BCUT2D eigenvalue weighted by atomic mass is 10.2. The van der Waals surface area contributed by atoms with Gasteiger partial charge in [0.05, 0.1) is 9.95 Å². The first kappa shape index (κ1) is 15.8. The predicted octanol–water partition coefficient (Wildman–Crippen LogP) is 1.26. The van der Waals surface area contributed by atoms with Crippen molar-refractivity contribution in [1.82, 2.24) is 4.72 Å². The van der Waals surface area contributed by atoms with Crippen LogP contribution in [0.4, 0.5) is 5.69 Å². The molecule has 0 saturated carbocycles. The first-order valence-electron chi connectivity index (χ1n) is 5.47. The molecular weight excluding hydrogens is 294 g/mol. The van der Waals surface area contributed by atoms with Crippen LogP contribution in [-0.4, -0.2) is 25.9 Å². The van der Waals surface area contributed by atoms with E-state index in [2.05, 4.69) is 4.72 Å². The zero-order valence-corrected chi connectivity index (χ0v) is 11.7.